The van der Waals surface area contributed by atoms with Crippen molar-refractivity contribution in [1.82, 2.24) is 14.4 Å². The zero-order valence-electron chi connectivity index (χ0n) is 17.2. The molecule has 0 unspecified atom stereocenters. The van der Waals surface area contributed by atoms with Gasteiger partial charge in [-0.05, 0) is 54.6 Å². The zero-order valence-corrected chi connectivity index (χ0v) is 18.0. The number of sulfonamides is 1. The second-order valence-corrected chi connectivity index (χ2v) is 8.84. The second-order valence-electron chi connectivity index (χ2n) is 6.90. The highest BCUT2D eigenvalue weighted by Crippen LogP contribution is 2.24. The Labute approximate surface area is 183 Å². The average molecular weight is 454 g/mol. The first kappa shape index (κ1) is 21.6. The second kappa shape index (κ2) is 8.50. The van der Waals surface area contributed by atoms with E-state index in [1.54, 1.807) is 30.3 Å². The number of aromatic nitrogens is 2. The van der Waals surface area contributed by atoms with Crippen molar-refractivity contribution in [2.24, 2.45) is 0 Å². The molecule has 4 rings (SSSR count). The van der Waals surface area contributed by atoms with Gasteiger partial charge in [0.25, 0.3) is 15.9 Å². The van der Waals surface area contributed by atoms with Crippen LogP contribution in [0.4, 0.5) is 10.1 Å². The van der Waals surface area contributed by atoms with Crippen molar-refractivity contribution >= 4 is 32.7 Å². The molecule has 1 amide bonds. The van der Waals surface area contributed by atoms with E-state index in [4.69, 9.17) is 4.84 Å². The van der Waals surface area contributed by atoms with Gasteiger partial charge in [0.05, 0.1) is 23.0 Å². The SMILES string of the molecule is CON(C)S(=O)(=O)c1ccc(C(=O)Nc2ccc3nc(-c4cccc(F)c4)[nH]c3c2)cc1. The first-order valence-electron chi connectivity index (χ1n) is 9.48. The molecule has 0 saturated heterocycles. The molecular weight excluding hydrogens is 435 g/mol. The molecule has 1 heterocycles. The molecule has 1 aromatic heterocycles. The summed E-state index contributed by atoms with van der Waals surface area (Å²) in [6, 6.07) is 16.8. The van der Waals surface area contributed by atoms with Gasteiger partial charge in [0.15, 0.2) is 0 Å². The number of fused-ring (bicyclic) bond motifs is 1. The average Bonchev–Trinajstić information content (AvgIpc) is 3.22. The van der Waals surface area contributed by atoms with Crippen LogP contribution in [0.5, 0.6) is 0 Å². The summed E-state index contributed by atoms with van der Waals surface area (Å²) >= 11 is 0. The van der Waals surface area contributed by atoms with Crippen LogP contribution in [0.3, 0.4) is 0 Å². The summed E-state index contributed by atoms with van der Waals surface area (Å²) < 4.78 is 38.7. The minimum absolute atomic E-state index is 0.00200. The van der Waals surface area contributed by atoms with E-state index in [0.29, 0.717) is 28.1 Å². The Morgan fingerprint density at radius 2 is 1.84 bits per heavy atom. The van der Waals surface area contributed by atoms with Gasteiger partial charge in [0, 0.05) is 23.9 Å². The van der Waals surface area contributed by atoms with Crippen LogP contribution in [0.2, 0.25) is 0 Å². The fourth-order valence-corrected chi connectivity index (χ4v) is 4.06. The number of rotatable bonds is 6. The van der Waals surface area contributed by atoms with Crippen LogP contribution in [0.15, 0.2) is 71.6 Å². The Bertz CT molecular complexity index is 1400. The third-order valence-electron chi connectivity index (χ3n) is 4.85. The molecule has 3 aromatic carbocycles. The van der Waals surface area contributed by atoms with Gasteiger partial charge < -0.3 is 10.3 Å². The maximum atomic E-state index is 13.5. The predicted molar refractivity (Wildman–Crippen MR) is 118 cm³/mol. The number of hydrogen-bond donors (Lipinski definition) is 2. The van der Waals surface area contributed by atoms with Gasteiger partial charge in [0.1, 0.15) is 11.6 Å². The van der Waals surface area contributed by atoms with Gasteiger partial charge >= 0.3 is 0 Å². The van der Waals surface area contributed by atoms with Crippen LogP contribution < -0.4 is 5.32 Å². The number of halogens is 1. The van der Waals surface area contributed by atoms with Crippen LogP contribution in [0.25, 0.3) is 22.4 Å². The minimum atomic E-state index is -3.79. The Hall–Kier alpha value is -3.60. The summed E-state index contributed by atoms with van der Waals surface area (Å²) in [5.74, 6) is -0.248. The standard InChI is InChI=1S/C22H19FN4O4S/c1-27(31-2)32(29,30)18-9-6-14(7-10-18)22(28)24-17-8-11-19-20(13-17)26-21(25-19)15-4-3-5-16(23)12-15/h3-13H,1-2H3,(H,24,28)(H,25,26). The molecular formula is C22H19FN4O4S. The van der Waals surface area contributed by atoms with Crippen molar-refractivity contribution in [3.8, 4) is 11.4 Å². The lowest BCUT2D eigenvalue weighted by Crippen LogP contribution is -2.25. The first-order valence-corrected chi connectivity index (χ1v) is 10.9. The molecule has 164 valence electrons. The number of hydrogen-bond acceptors (Lipinski definition) is 5. The van der Waals surface area contributed by atoms with Gasteiger partial charge in [-0.15, -0.1) is 0 Å². The number of benzene rings is 3. The summed E-state index contributed by atoms with van der Waals surface area (Å²) in [5, 5.41) is 2.77. The van der Waals surface area contributed by atoms with E-state index in [0.717, 1.165) is 4.47 Å². The van der Waals surface area contributed by atoms with Gasteiger partial charge in [-0.25, -0.2) is 17.8 Å². The van der Waals surface area contributed by atoms with Gasteiger partial charge in [-0.1, -0.05) is 16.6 Å². The Morgan fingerprint density at radius 1 is 1.09 bits per heavy atom. The molecule has 8 nitrogen and oxygen atoms in total. The zero-order chi connectivity index (χ0) is 22.9. The monoisotopic (exact) mass is 454 g/mol. The molecule has 2 N–H and O–H groups in total. The third-order valence-corrected chi connectivity index (χ3v) is 6.54. The molecule has 0 fully saturated rings. The fraction of sp³-hybridized carbons (Fsp3) is 0.0909. The molecule has 32 heavy (non-hydrogen) atoms. The molecule has 0 saturated carbocycles. The van der Waals surface area contributed by atoms with E-state index in [1.165, 1.54) is 50.6 Å². The number of imidazole rings is 1. The van der Waals surface area contributed by atoms with Crippen molar-refractivity contribution in [1.29, 1.82) is 0 Å². The predicted octanol–water partition coefficient (Wildman–Crippen LogP) is 3.80. The quantitative estimate of drug-likeness (QED) is 0.431. The Kier molecular flexibility index (Phi) is 5.74. The summed E-state index contributed by atoms with van der Waals surface area (Å²) in [7, 11) is -1.27. The highest BCUT2D eigenvalue weighted by molar-refractivity contribution is 7.89. The lowest BCUT2D eigenvalue weighted by atomic mass is 10.2. The number of anilines is 1. The van der Waals surface area contributed by atoms with Crippen LogP contribution >= 0.6 is 0 Å². The number of aromatic amines is 1. The summed E-state index contributed by atoms with van der Waals surface area (Å²) in [6.07, 6.45) is 0. The van der Waals surface area contributed by atoms with Crippen molar-refractivity contribution in [3.05, 3.63) is 78.1 Å². The van der Waals surface area contributed by atoms with Crippen LogP contribution in [0, 0.1) is 5.82 Å². The molecule has 0 spiro atoms. The van der Waals surface area contributed by atoms with Crippen molar-refractivity contribution in [3.63, 3.8) is 0 Å². The van der Waals surface area contributed by atoms with Crippen LogP contribution in [-0.4, -0.2) is 42.9 Å². The minimum Gasteiger partial charge on any atom is -0.338 e. The summed E-state index contributed by atoms with van der Waals surface area (Å²) in [6.45, 7) is 0. The molecule has 0 aliphatic heterocycles. The number of amides is 1. The van der Waals surface area contributed by atoms with Gasteiger partial charge in [-0.3, -0.25) is 9.63 Å². The van der Waals surface area contributed by atoms with E-state index in [-0.39, 0.29) is 16.3 Å². The van der Waals surface area contributed by atoms with Gasteiger partial charge in [-0.2, -0.15) is 0 Å². The highest BCUT2D eigenvalue weighted by Gasteiger charge is 2.21. The number of nitrogens with zero attached hydrogens (tertiary/aromatic N) is 2. The molecule has 0 aliphatic rings. The van der Waals surface area contributed by atoms with Crippen LogP contribution in [0.1, 0.15) is 10.4 Å². The van der Waals surface area contributed by atoms with E-state index < -0.39 is 15.9 Å². The summed E-state index contributed by atoms with van der Waals surface area (Å²) in [5.41, 5.74) is 2.76. The number of carbonyl (C=O) groups excluding carboxylic acids is 1. The van der Waals surface area contributed by atoms with E-state index in [9.17, 15) is 17.6 Å². The van der Waals surface area contributed by atoms with Crippen molar-refractivity contribution in [2.45, 2.75) is 4.90 Å². The number of carbonyl (C=O) groups is 1. The fourth-order valence-electron chi connectivity index (χ4n) is 3.09. The molecule has 0 aliphatic carbocycles. The van der Waals surface area contributed by atoms with Crippen molar-refractivity contribution in [2.75, 3.05) is 19.5 Å². The first-order chi connectivity index (χ1) is 15.3. The Morgan fingerprint density at radius 3 is 2.53 bits per heavy atom. The van der Waals surface area contributed by atoms with E-state index in [1.807, 2.05) is 0 Å². The highest BCUT2D eigenvalue weighted by atomic mass is 32.2. The van der Waals surface area contributed by atoms with E-state index in [2.05, 4.69) is 15.3 Å². The molecule has 0 bridgehead atoms. The smallest absolute Gasteiger partial charge is 0.264 e. The van der Waals surface area contributed by atoms with Gasteiger partial charge in [0.2, 0.25) is 0 Å². The van der Waals surface area contributed by atoms with E-state index >= 15 is 0 Å². The lowest BCUT2D eigenvalue weighted by molar-refractivity contribution is -0.0258. The maximum absolute atomic E-state index is 13.5. The number of hydroxylamine groups is 1. The normalized spacial score (nSPS) is 11.8. The van der Waals surface area contributed by atoms with Crippen LogP contribution in [-0.2, 0) is 14.9 Å². The summed E-state index contributed by atoms with van der Waals surface area (Å²) in [4.78, 5) is 24.9. The lowest BCUT2D eigenvalue weighted by Gasteiger charge is -2.14. The molecule has 10 heteroatoms. The maximum Gasteiger partial charge on any atom is 0.264 e. The molecule has 0 radical (unpaired) electrons. The third kappa shape index (κ3) is 4.24. The van der Waals surface area contributed by atoms with Crippen molar-refractivity contribution < 1.29 is 22.4 Å². The molecule has 0 atom stereocenters. The number of nitrogens with one attached hydrogen (secondary N) is 2. The largest absolute Gasteiger partial charge is 0.338 e. The number of H-pyrrole nitrogens is 1. The Balaban J connectivity index is 1.53. The topological polar surface area (TPSA) is 104 Å². The molecule has 4 aromatic rings.